The molecule has 2 nitrogen and oxygen atoms in total. The van der Waals surface area contributed by atoms with Crippen molar-refractivity contribution in [1.29, 1.82) is 0 Å². The molecule has 0 aromatic heterocycles. The van der Waals surface area contributed by atoms with E-state index in [1.807, 2.05) is 66.7 Å². The van der Waals surface area contributed by atoms with Crippen molar-refractivity contribution in [3.8, 4) is 0 Å². The molecule has 110 valence electrons. The largest absolute Gasteiger partial charge is 0.473 e. The average Bonchev–Trinajstić information content (AvgIpc) is 2.56. The zero-order valence-corrected chi connectivity index (χ0v) is 13.6. The summed E-state index contributed by atoms with van der Waals surface area (Å²) in [5, 5.41) is 19.6. The first-order valence-corrected chi connectivity index (χ1v) is 7.97. The molecular weight excluding hydrogens is 339 g/mol. The quantitative estimate of drug-likeness (QED) is 0.651. The minimum atomic E-state index is -1.47. The molecule has 0 fully saturated rings. The third-order valence-corrected chi connectivity index (χ3v) is 4.79. The van der Waals surface area contributed by atoms with Gasteiger partial charge in [0, 0.05) is 0 Å². The molecule has 1 aliphatic rings. The van der Waals surface area contributed by atoms with Crippen molar-refractivity contribution in [2.24, 2.45) is 0 Å². The van der Waals surface area contributed by atoms with Gasteiger partial charge in [0.15, 0.2) is 0 Å². The molecule has 1 atom stereocenters. The number of alkyl halides is 1. The lowest BCUT2D eigenvalue weighted by molar-refractivity contribution is 0.391. The van der Waals surface area contributed by atoms with E-state index >= 15 is 0 Å². The lowest BCUT2D eigenvalue weighted by atomic mass is 9.65. The van der Waals surface area contributed by atoms with Crippen LogP contribution in [0.3, 0.4) is 0 Å². The summed E-state index contributed by atoms with van der Waals surface area (Å²) in [5.41, 5.74) is 4.20. The maximum absolute atomic E-state index is 9.80. The molecular formula is C18H16BBrO2. The molecule has 1 aliphatic carbocycles. The number of allylic oxidation sites excluding steroid dienone is 4. The normalized spacial score (nSPS) is 21.0. The second-order valence-electron chi connectivity index (χ2n) is 5.48. The molecule has 0 bridgehead atoms. The van der Waals surface area contributed by atoms with Crippen LogP contribution in [0.2, 0.25) is 0 Å². The third-order valence-electron chi connectivity index (χ3n) is 3.87. The summed E-state index contributed by atoms with van der Waals surface area (Å²) < 4.78 is -0.877. The monoisotopic (exact) mass is 354 g/mol. The van der Waals surface area contributed by atoms with Crippen molar-refractivity contribution in [2.75, 3.05) is 0 Å². The highest BCUT2D eigenvalue weighted by molar-refractivity contribution is 9.10. The van der Waals surface area contributed by atoms with E-state index in [1.165, 1.54) is 0 Å². The molecule has 2 aromatic carbocycles. The fraction of sp³-hybridized carbons (Fsp3) is 0.111. The standard InChI is InChI=1S/C18H16BBrO2/c20-18(19(21)22)12-16(14-7-3-1-4-8-14)11-17(13-18)15-9-5-2-6-10-15/h1-12,21-22H,13H2. The summed E-state index contributed by atoms with van der Waals surface area (Å²) in [5.74, 6) is 0. The molecule has 0 saturated carbocycles. The smallest absolute Gasteiger partial charge is 0.426 e. The number of rotatable bonds is 3. The molecule has 0 heterocycles. The first-order valence-electron chi connectivity index (χ1n) is 7.18. The molecule has 0 saturated heterocycles. The van der Waals surface area contributed by atoms with Gasteiger partial charge in [-0.25, -0.2) is 0 Å². The first kappa shape index (κ1) is 15.3. The molecule has 1 unspecified atom stereocenters. The zero-order valence-electron chi connectivity index (χ0n) is 12.0. The van der Waals surface area contributed by atoms with Crippen LogP contribution in [0.25, 0.3) is 11.1 Å². The van der Waals surface area contributed by atoms with E-state index in [1.54, 1.807) is 0 Å². The van der Waals surface area contributed by atoms with Crippen molar-refractivity contribution < 1.29 is 10.0 Å². The zero-order chi connectivity index (χ0) is 15.6. The van der Waals surface area contributed by atoms with Crippen LogP contribution in [0.4, 0.5) is 0 Å². The van der Waals surface area contributed by atoms with Crippen LogP contribution >= 0.6 is 15.9 Å². The van der Waals surface area contributed by atoms with Gasteiger partial charge < -0.3 is 10.0 Å². The minimum Gasteiger partial charge on any atom is -0.426 e. The molecule has 0 radical (unpaired) electrons. The van der Waals surface area contributed by atoms with Gasteiger partial charge in [-0.15, -0.1) is 0 Å². The molecule has 4 heteroatoms. The predicted molar refractivity (Wildman–Crippen MR) is 95.3 cm³/mol. The van der Waals surface area contributed by atoms with Crippen LogP contribution in [-0.2, 0) is 0 Å². The van der Waals surface area contributed by atoms with Gasteiger partial charge in [0.2, 0.25) is 0 Å². The van der Waals surface area contributed by atoms with E-state index in [9.17, 15) is 10.0 Å². The molecule has 2 aromatic rings. The second kappa shape index (κ2) is 6.25. The highest BCUT2D eigenvalue weighted by Gasteiger charge is 2.40. The van der Waals surface area contributed by atoms with Gasteiger partial charge in [-0.1, -0.05) is 88.7 Å². The summed E-state index contributed by atoms with van der Waals surface area (Å²) in [6, 6.07) is 20.0. The Labute approximate surface area is 139 Å². The van der Waals surface area contributed by atoms with Gasteiger partial charge in [-0.3, -0.25) is 0 Å². The summed E-state index contributed by atoms with van der Waals surface area (Å²) in [6.45, 7) is 0. The Morgan fingerprint density at radius 3 is 1.95 bits per heavy atom. The Kier molecular flexibility index (Phi) is 4.34. The van der Waals surface area contributed by atoms with Crippen LogP contribution in [0.5, 0.6) is 0 Å². The van der Waals surface area contributed by atoms with Crippen LogP contribution in [-0.4, -0.2) is 21.4 Å². The highest BCUT2D eigenvalue weighted by atomic mass is 79.9. The van der Waals surface area contributed by atoms with Gasteiger partial charge >= 0.3 is 7.12 Å². The van der Waals surface area contributed by atoms with E-state index in [0.717, 1.165) is 22.3 Å². The molecule has 0 spiro atoms. The SMILES string of the molecule is OB(O)C1(Br)C=C(c2ccccc2)C=C(c2ccccc2)C1. The third kappa shape index (κ3) is 3.09. The Morgan fingerprint density at radius 1 is 0.864 bits per heavy atom. The Balaban J connectivity index is 2.09. The van der Waals surface area contributed by atoms with Crippen LogP contribution < -0.4 is 0 Å². The molecule has 0 aliphatic heterocycles. The second-order valence-corrected chi connectivity index (χ2v) is 6.95. The van der Waals surface area contributed by atoms with Crippen molar-refractivity contribution in [3.05, 3.63) is 83.9 Å². The fourth-order valence-corrected chi connectivity index (χ4v) is 3.23. The van der Waals surface area contributed by atoms with Crippen molar-refractivity contribution in [3.63, 3.8) is 0 Å². The topological polar surface area (TPSA) is 40.5 Å². The number of hydrogen-bond acceptors (Lipinski definition) is 2. The lowest BCUT2D eigenvalue weighted by Gasteiger charge is -2.29. The van der Waals surface area contributed by atoms with Crippen LogP contribution in [0, 0.1) is 0 Å². The van der Waals surface area contributed by atoms with Gasteiger partial charge in [-0.05, 0) is 28.7 Å². The van der Waals surface area contributed by atoms with E-state index in [0.29, 0.717) is 6.42 Å². The Bertz CT molecular complexity index is 710. The summed E-state index contributed by atoms with van der Waals surface area (Å²) in [6.07, 6.45) is 4.52. The molecule has 2 N–H and O–H groups in total. The van der Waals surface area contributed by atoms with Gasteiger partial charge in [0.05, 0.1) is 4.22 Å². The predicted octanol–water partition coefficient (Wildman–Crippen LogP) is 3.70. The van der Waals surface area contributed by atoms with E-state index in [2.05, 4.69) is 22.0 Å². The Hall–Kier alpha value is -1.62. The van der Waals surface area contributed by atoms with E-state index in [-0.39, 0.29) is 0 Å². The number of benzene rings is 2. The maximum atomic E-state index is 9.80. The first-order chi connectivity index (χ1) is 10.6. The molecule has 3 rings (SSSR count). The molecule has 0 amide bonds. The average molecular weight is 355 g/mol. The number of halogens is 1. The van der Waals surface area contributed by atoms with Crippen LogP contribution in [0.15, 0.2) is 72.8 Å². The van der Waals surface area contributed by atoms with Crippen molar-refractivity contribution in [2.45, 2.75) is 10.6 Å². The summed E-state index contributed by atoms with van der Waals surface area (Å²) in [7, 11) is -1.47. The van der Waals surface area contributed by atoms with Gasteiger partial charge in [0.25, 0.3) is 0 Å². The van der Waals surface area contributed by atoms with Crippen molar-refractivity contribution >= 4 is 34.2 Å². The summed E-state index contributed by atoms with van der Waals surface area (Å²) >= 11 is 3.52. The van der Waals surface area contributed by atoms with Gasteiger partial charge in [-0.2, -0.15) is 0 Å². The summed E-state index contributed by atoms with van der Waals surface area (Å²) in [4.78, 5) is 0. The maximum Gasteiger partial charge on any atom is 0.473 e. The minimum absolute atomic E-state index is 0.519. The Morgan fingerprint density at radius 2 is 1.41 bits per heavy atom. The van der Waals surface area contributed by atoms with Crippen LogP contribution in [0.1, 0.15) is 17.5 Å². The highest BCUT2D eigenvalue weighted by Crippen LogP contribution is 2.41. The molecule has 22 heavy (non-hydrogen) atoms. The number of hydrogen-bond donors (Lipinski definition) is 2. The van der Waals surface area contributed by atoms with E-state index in [4.69, 9.17) is 0 Å². The lowest BCUT2D eigenvalue weighted by Crippen LogP contribution is -2.40. The van der Waals surface area contributed by atoms with Gasteiger partial charge in [0.1, 0.15) is 0 Å². The van der Waals surface area contributed by atoms with Crippen molar-refractivity contribution in [1.82, 2.24) is 0 Å². The fourth-order valence-electron chi connectivity index (χ4n) is 2.68. The van der Waals surface area contributed by atoms with E-state index < -0.39 is 11.3 Å².